The molecule has 1 atom stereocenters. The molecule has 0 amide bonds. The fourth-order valence-corrected chi connectivity index (χ4v) is 3.57. The molecule has 1 aliphatic rings. The van der Waals surface area contributed by atoms with Crippen LogP contribution in [0.3, 0.4) is 0 Å². The Morgan fingerprint density at radius 2 is 1.81 bits per heavy atom. The lowest BCUT2D eigenvalue weighted by Crippen LogP contribution is -2.28. The van der Waals surface area contributed by atoms with Crippen LogP contribution in [0.4, 0.5) is 0 Å². The van der Waals surface area contributed by atoms with Gasteiger partial charge in [-0.05, 0) is 23.1 Å². The average Bonchev–Trinajstić information content (AvgIpc) is 3.34. The van der Waals surface area contributed by atoms with Crippen LogP contribution in [-0.2, 0) is 6.42 Å². The molecule has 1 aliphatic heterocycles. The van der Waals surface area contributed by atoms with Gasteiger partial charge in [0.05, 0.1) is 5.69 Å². The Balaban J connectivity index is 1.55. The Bertz CT molecular complexity index is 1100. The maximum absolute atomic E-state index is 13.1. The summed E-state index contributed by atoms with van der Waals surface area (Å²) in [5, 5.41) is 2.21. The van der Waals surface area contributed by atoms with Crippen LogP contribution in [0.15, 0.2) is 79.1 Å². The summed E-state index contributed by atoms with van der Waals surface area (Å²) in [6, 6.07) is 22.0. The van der Waals surface area contributed by atoms with Crippen LogP contribution in [0.2, 0.25) is 0 Å². The summed E-state index contributed by atoms with van der Waals surface area (Å²) >= 11 is 0. The predicted molar refractivity (Wildman–Crippen MR) is 100.0 cm³/mol. The SMILES string of the molecule is O=C(c1nccn1-c1cccc2ccccc12)[C@H]1Cc2ccccc2O1. The lowest BCUT2D eigenvalue weighted by Gasteiger charge is -2.13. The second-order valence-corrected chi connectivity index (χ2v) is 6.40. The zero-order chi connectivity index (χ0) is 17.5. The number of para-hydroxylation sites is 1. The minimum atomic E-state index is -0.525. The second-order valence-electron chi connectivity index (χ2n) is 6.40. The number of rotatable bonds is 3. The van der Waals surface area contributed by atoms with Crippen molar-refractivity contribution in [2.45, 2.75) is 12.5 Å². The monoisotopic (exact) mass is 340 g/mol. The molecule has 4 heteroatoms. The van der Waals surface area contributed by atoms with Crippen molar-refractivity contribution in [1.82, 2.24) is 9.55 Å². The Hall–Kier alpha value is -3.40. The van der Waals surface area contributed by atoms with Gasteiger partial charge in [0.25, 0.3) is 0 Å². The van der Waals surface area contributed by atoms with Crippen molar-refractivity contribution in [2.75, 3.05) is 0 Å². The third-order valence-corrected chi connectivity index (χ3v) is 4.83. The largest absolute Gasteiger partial charge is 0.481 e. The highest BCUT2D eigenvalue weighted by atomic mass is 16.5. The van der Waals surface area contributed by atoms with Crippen molar-refractivity contribution in [3.63, 3.8) is 0 Å². The molecule has 0 saturated carbocycles. The lowest BCUT2D eigenvalue weighted by atomic mass is 10.1. The van der Waals surface area contributed by atoms with E-state index in [0.29, 0.717) is 12.2 Å². The molecule has 4 nitrogen and oxygen atoms in total. The molecule has 0 unspecified atom stereocenters. The Labute approximate surface area is 150 Å². The van der Waals surface area contributed by atoms with Crippen LogP contribution in [-0.4, -0.2) is 21.4 Å². The second kappa shape index (κ2) is 5.85. The van der Waals surface area contributed by atoms with Gasteiger partial charge in [-0.15, -0.1) is 0 Å². The van der Waals surface area contributed by atoms with Crippen molar-refractivity contribution in [2.24, 2.45) is 0 Å². The van der Waals surface area contributed by atoms with Crippen LogP contribution in [0.5, 0.6) is 5.75 Å². The quantitative estimate of drug-likeness (QED) is 0.525. The fraction of sp³-hybridized carbons (Fsp3) is 0.0909. The number of carbonyl (C=O) groups excluding carboxylic acids is 1. The van der Waals surface area contributed by atoms with E-state index in [1.807, 2.05) is 59.3 Å². The molecule has 0 N–H and O–H groups in total. The number of hydrogen-bond donors (Lipinski definition) is 0. The van der Waals surface area contributed by atoms with Gasteiger partial charge in [0.15, 0.2) is 11.9 Å². The van der Waals surface area contributed by atoms with Gasteiger partial charge in [-0.2, -0.15) is 0 Å². The number of benzene rings is 3. The predicted octanol–water partition coefficient (Wildman–Crippen LogP) is 4.21. The van der Waals surface area contributed by atoms with Crippen LogP contribution in [0.25, 0.3) is 16.5 Å². The van der Waals surface area contributed by atoms with E-state index >= 15 is 0 Å². The molecule has 26 heavy (non-hydrogen) atoms. The zero-order valence-corrected chi connectivity index (χ0v) is 14.0. The molecular weight excluding hydrogens is 324 g/mol. The summed E-state index contributed by atoms with van der Waals surface area (Å²) in [6.45, 7) is 0. The highest BCUT2D eigenvalue weighted by Gasteiger charge is 2.32. The van der Waals surface area contributed by atoms with E-state index in [1.54, 1.807) is 6.20 Å². The number of aromatic nitrogens is 2. The third-order valence-electron chi connectivity index (χ3n) is 4.83. The van der Waals surface area contributed by atoms with Gasteiger partial charge >= 0.3 is 0 Å². The Morgan fingerprint density at radius 3 is 2.73 bits per heavy atom. The molecule has 5 rings (SSSR count). The lowest BCUT2D eigenvalue weighted by molar-refractivity contribution is 0.0812. The number of fused-ring (bicyclic) bond motifs is 2. The molecule has 0 spiro atoms. The molecule has 3 aromatic carbocycles. The van der Waals surface area contributed by atoms with Gasteiger partial charge in [0.1, 0.15) is 5.75 Å². The van der Waals surface area contributed by atoms with E-state index in [9.17, 15) is 4.79 Å². The van der Waals surface area contributed by atoms with E-state index in [4.69, 9.17) is 4.74 Å². The number of ketones is 1. The normalized spacial score (nSPS) is 15.6. The third kappa shape index (κ3) is 2.30. The first kappa shape index (κ1) is 14.9. The molecule has 126 valence electrons. The molecule has 2 heterocycles. The van der Waals surface area contributed by atoms with E-state index < -0.39 is 6.10 Å². The number of ether oxygens (including phenoxy) is 1. The van der Waals surface area contributed by atoms with Gasteiger partial charge in [0, 0.05) is 24.2 Å². The molecule has 0 bridgehead atoms. The minimum Gasteiger partial charge on any atom is -0.481 e. The Kier molecular flexibility index (Phi) is 3.35. The molecular formula is C22H16N2O2. The number of hydrogen-bond acceptors (Lipinski definition) is 3. The zero-order valence-electron chi connectivity index (χ0n) is 14.0. The van der Waals surface area contributed by atoms with Crippen LogP contribution in [0, 0.1) is 0 Å². The highest BCUT2D eigenvalue weighted by molar-refractivity contribution is 5.99. The molecule has 0 aliphatic carbocycles. The molecule has 0 saturated heterocycles. The summed E-state index contributed by atoms with van der Waals surface area (Å²) < 4.78 is 7.73. The van der Waals surface area contributed by atoms with Crippen molar-refractivity contribution in [1.29, 1.82) is 0 Å². The van der Waals surface area contributed by atoms with Crippen molar-refractivity contribution in [3.05, 3.63) is 90.5 Å². The Morgan fingerprint density at radius 1 is 1.00 bits per heavy atom. The molecule has 1 aromatic heterocycles. The summed E-state index contributed by atoms with van der Waals surface area (Å²) in [7, 11) is 0. The summed E-state index contributed by atoms with van der Waals surface area (Å²) in [5.41, 5.74) is 2.01. The number of imidazole rings is 1. The topological polar surface area (TPSA) is 44.1 Å². The molecule has 0 radical (unpaired) electrons. The number of nitrogens with zero attached hydrogens (tertiary/aromatic N) is 2. The fourth-order valence-electron chi connectivity index (χ4n) is 3.57. The van der Waals surface area contributed by atoms with Crippen molar-refractivity contribution >= 4 is 16.6 Å². The molecule has 4 aromatic rings. The smallest absolute Gasteiger partial charge is 0.239 e. The van der Waals surface area contributed by atoms with Gasteiger partial charge in [0.2, 0.25) is 5.78 Å². The van der Waals surface area contributed by atoms with Gasteiger partial charge in [-0.1, -0.05) is 54.6 Å². The summed E-state index contributed by atoms with van der Waals surface area (Å²) in [4.78, 5) is 17.4. The van der Waals surface area contributed by atoms with E-state index in [-0.39, 0.29) is 5.78 Å². The first-order valence-electron chi connectivity index (χ1n) is 8.61. The van der Waals surface area contributed by atoms with Crippen LogP contribution in [0.1, 0.15) is 16.2 Å². The van der Waals surface area contributed by atoms with Gasteiger partial charge in [-0.3, -0.25) is 9.36 Å². The summed E-state index contributed by atoms with van der Waals surface area (Å²) in [6.07, 6.45) is 3.55. The average molecular weight is 340 g/mol. The summed E-state index contributed by atoms with van der Waals surface area (Å²) in [5.74, 6) is 1.09. The van der Waals surface area contributed by atoms with Crippen LogP contribution < -0.4 is 4.74 Å². The van der Waals surface area contributed by atoms with Crippen LogP contribution >= 0.6 is 0 Å². The van der Waals surface area contributed by atoms with Crippen molar-refractivity contribution in [3.8, 4) is 11.4 Å². The maximum Gasteiger partial charge on any atom is 0.239 e. The highest BCUT2D eigenvalue weighted by Crippen LogP contribution is 2.30. The van der Waals surface area contributed by atoms with Gasteiger partial charge < -0.3 is 4.74 Å². The van der Waals surface area contributed by atoms with Crippen molar-refractivity contribution < 1.29 is 9.53 Å². The molecule has 0 fully saturated rings. The maximum atomic E-state index is 13.1. The number of carbonyl (C=O) groups is 1. The van der Waals surface area contributed by atoms with E-state index in [1.165, 1.54) is 0 Å². The van der Waals surface area contributed by atoms with Gasteiger partial charge in [-0.25, -0.2) is 4.98 Å². The minimum absolute atomic E-state index is 0.0980. The number of Topliss-reactive ketones (excluding diaryl/α,β-unsaturated/α-hetero) is 1. The van der Waals surface area contributed by atoms with E-state index in [2.05, 4.69) is 23.2 Å². The first-order valence-corrected chi connectivity index (χ1v) is 8.61. The van der Waals surface area contributed by atoms with E-state index in [0.717, 1.165) is 27.8 Å². The standard InChI is InChI=1S/C22H16N2O2/c25-21(20-14-16-7-2-4-11-19(16)26-20)22-23-12-13-24(22)18-10-5-8-15-6-1-3-9-17(15)18/h1-13,20H,14H2/t20-/m1/s1. The first-order chi connectivity index (χ1) is 12.8.